The molecule has 1 saturated heterocycles. The first-order valence-corrected chi connectivity index (χ1v) is 9.85. The molecule has 2 amide bonds. The van der Waals surface area contributed by atoms with Gasteiger partial charge in [0, 0.05) is 18.7 Å². The van der Waals surface area contributed by atoms with E-state index in [-0.39, 0.29) is 37.2 Å². The monoisotopic (exact) mass is 483 g/mol. The van der Waals surface area contributed by atoms with Gasteiger partial charge in [0.05, 0.1) is 25.3 Å². The van der Waals surface area contributed by atoms with Gasteiger partial charge in [0.1, 0.15) is 19.0 Å². The van der Waals surface area contributed by atoms with Crippen LogP contribution in [0.5, 0.6) is 5.88 Å². The molecule has 1 aliphatic heterocycles. The lowest BCUT2D eigenvalue weighted by atomic mass is 10.1. The van der Waals surface area contributed by atoms with Crippen molar-refractivity contribution in [3.63, 3.8) is 0 Å². The first-order valence-electron chi connectivity index (χ1n) is 9.85. The SMILES string of the molecule is CN1CC(CNC(=O)c2cccc(COc3cc(CNOC(=O)C(F)(F)F)ncn3)c2)OC1=O. The summed E-state index contributed by atoms with van der Waals surface area (Å²) in [6, 6.07) is 7.97. The van der Waals surface area contributed by atoms with E-state index in [0.29, 0.717) is 17.7 Å². The average molecular weight is 483 g/mol. The Balaban J connectivity index is 1.48. The topological polar surface area (TPSA) is 132 Å². The lowest BCUT2D eigenvalue weighted by Gasteiger charge is -2.11. The minimum atomic E-state index is -5.11. The second-order valence-corrected chi connectivity index (χ2v) is 7.14. The summed E-state index contributed by atoms with van der Waals surface area (Å²) in [4.78, 5) is 47.5. The Morgan fingerprint density at radius 1 is 1.26 bits per heavy atom. The number of cyclic esters (lactones) is 1. The van der Waals surface area contributed by atoms with Crippen molar-refractivity contribution in [2.45, 2.75) is 25.4 Å². The fourth-order valence-electron chi connectivity index (χ4n) is 2.81. The summed E-state index contributed by atoms with van der Waals surface area (Å²) in [6.45, 7) is 0.293. The number of carbonyl (C=O) groups excluding carboxylic acids is 3. The van der Waals surface area contributed by atoms with Crippen LogP contribution < -0.4 is 15.5 Å². The number of nitrogens with one attached hydrogen (secondary N) is 2. The summed E-state index contributed by atoms with van der Waals surface area (Å²) in [5.41, 5.74) is 3.11. The van der Waals surface area contributed by atoms with Crippen LogP contribution in [0.1, 0.15) is 21.6 Å². The number of amides is 2. The molecule has 11 nitrogen and oxygen atoms in total. The zero-order valence-electron chi connectivity index (χ0n) is 17.8. The highest BCUT2D eigenvalue weighted by atomic mass is 19.4. The van der Waals surface area contributed by atoms with Gasteiger partial charge in [0.2, 0.25) is 5.88 Å². The Morgan fingerprint density at radius 3 is 2.76 bits per heavy atom. The minimum Gasteiger partial charge on any atom is -0.473 e. The van der Waals surface area contributed by atoms with E-state index in [9.17, 15) is 27.6 Å². The number of hydrogen-bond acceptors (Lipinski definition) is 9. The Morgan fingerprint density at radius 2 is 2.06 bits per heavy atom. The zero-order chi connectivity index (χ0) is 24.7. The van der Waals surface area contributed by atoms with E-state index in [0.717, 1.165) is 6.33 Å². The molecule has 34 heavy (non-hydrogen) atoms. The van der Waals surface area contributed by atoms with E-state index in [1.165, 1.54) is 11.0 Å². The molecule has 2 N–H and O–H groups in total. The molecule has 1 aliphatic rings. The molecule has 1 fully saturated rings. The molecule has 0 saturated carbocycles. The number of carbonyl (C=O) groups is 3. The maximum Gasteiger partial charge on any atom is 0.492 e. The van der Waals surface area contributed by atoms with Gasteiger partial charge in [-0.25, -0.2) is 19.6 Å². The van der Waals surface area contributed by atoms with Gasteiger partial charge in [-0.1, -0.05) is 12.1 Å². The van der Waals surface area contributed by atoms with Crippen LogP contribution in [0.15, 0.2) is 36.7 Å². The quantitative estimate of drug-likeness (QED) is 0.507. The van der Waals surface area contributed by atoms with Gasteiger partial charge in [-0.2, -0.15) is 13.2 Å². The molecule has 0 aliphatic carbocycles. The van der Waals surface area contributed by atoms with E-state index in [4.69, 9.17) is 9.47 Å². The van der Waals surface area contributed by atoms with Crippen molar-refractivity contribution in [3.05, 3.63) is 53.5 Å². The Hall–Kier alpha value is -3.94. The molecule has 3 rings (SSSR count). The summed E-state index contributed by atoms with van der Waals surface area (Å²) < 4.78 is 47.0. The molecule has 0 spiro atoms. The van der Waals surface area contributed by atoms with Crippen molar-refractivity contribution in [3.8, 4) is 5.88 Å². The van der Waals surface area contributed by atoms with E-state index in [1.807, 2.05) is 5.48 Å². The highest BCUT2D eigenvalue weighted by molar-refractivity contribution is 5.94. The van der Waals surface area contributed by atoms with Gasteiger partial charge < -0.3 is 24.5 Å². The van der Waals surface area contributed by atoms with Crippen LogP contribution in [0, 0.1) is 0 Å². The van der Waals surface area contributed by atoms with E-state index in [1.54, 1.807) is 31.3 Å². The van der Waals surface area contributed by atoms with Crippen molar-refractivity contribution < 1.29 is 41.9 Å². The molecule has 1 aromatic heterocycles. The summed E-state index contributed by atoms with van der Waals surface area (Å²) >= 11 is 0. The molecule has 2 heterocycles. The van der Waals surface area contributed by atoms with Crippen molar-refractivity contribution in [2.24, 2.45) is 0 Å². The highest BCUT2D eigenvalue weighted by Gasteiger charge is 2.41. The average Bonchev–Trinajstić information content (AvgIpc) is 3.13. The summed E-state index contributed by atoms with van der Waals surface area (Å²) in [5, 5.41) is 2.71. The van der Waals surface area contributed by atoms with E-state index >= 15 is 0 Å². The maximum absolute atomic E-state index is 12.4. The predicted octanol–water partition coefficient (Wildman–Crippen LogP) is 1.35. The second-order valence-electron chi connectivity index (χ2n) is 7.14. The fraction of sp³-hybridized carbons (Fsp3) is 0.350. The number of hydrogen-bond donors (Lipinski definition) is 2. The van der Waals surface area contributed by atoms with Gasteiger partial charge >= 0.3 is 18.2 Å². The van der Waals surface area contributed by atoms with Crippen LogP contribution in [0.25, 0.3) is 0 Å². The van der Waals surface area contributed by atoms with E-state index in [2.05, 4.69) is 20.1 Å². The molecule has 1 aromatic carbocycles. The number of benzene rings is 1. The van der Waals surface area contributed by atoms with Crippen molar-refractivity contribution >= 4 is 18.0 Å². The zero-order valence-corrected chi connectivity index (χ0v) is 17.8. The minimum absolute atomic E-state index is 0.0408. The highest BCUT2D eigenvalue weighted by Crippen LogP contribution is 2.16. The number of alkyl halides is 3. The first-order chi connectivity index (χ1) is 16.1. The second kappa shape index (κ2) is 10.8. The Kier molecular flexibility index (Phi) is 7.83. The number of nitrogens with zero attached hydrogens (tertiary/aromatic N) is 3. The van der Waals surface area contributed by atoms with Crippen LogP contribution in [-0.2, 0) is 27.5 Å². The van der Waals surface area contributed by atoms with Crippen molar-refractivity contribution in [2.75, 3.05) is 20.1 Å². The summed E-state index contributed by atoms with van der Waals surface area (Å²) in [6.07, 6.45) is -4.84. The smallest absolute Gasteiger partial charge is 0.473 e. The number of hydroxylamine groups is 1. The molecule has 1 unspecified atom stereocenters. The third-order valence-electron chi connectivity index (χ3n) is 4.47. The van der Waals surface area contributed by atoms with Crippen LogP contribution in [-0.4, -0.2) is 65.3 Å². The summed E-state index contributed by atoms with van der Waals surface area (Å²) in [7, 11) is 1.60. The van der Waals surface area contributed by atoms with Gasteiger partial charge in [-0.05, 0) is 17.7 Å². The first kappa shape index (κ1) is 24.7. The fourth-order valence-corrected chi connectivity index (χ4v) is 2.81. The maximum atomic E-state index is 12.4. The Bertz CT molecular complexity index is 1050. The van der Waals surface area contributed by atoms with Gasteiger partial charge in [-0.15, -0.1) is 5.48 Å². The third-order valence-corrected chi connectivity index (χ3v) is 4.47. The molecule has 14 heteroatoms. The van der Waals surface area contributed by atoms with Crippen molar-refractivity contribution in [1.29, 1.82) is 0 Å². The van der Waals surface area contributed by atoms with Crippen LogP contribution >= 0.6 is 0 Å². The molecule has 1 atom stereocenters. The lowest BCUT2D eigenvalue weighted by Crippen LogP contribution is -2.34. The number of ether oxygens (including phenoxy) is 2. The predicted molar refractivity (Wildman–Crippen MR) is 107 cm³/mol. The molecule has 0 radical (unpaired) electrons. The molecular weight excluding hydrogens is 463 g/mol. The lowest BCUT2D eigenvalue weighted by molar-refractivity contribution is -0.207. The standard InChI is InChI=1S/C20H20F3N5O6/c1-28-9-15(33-19(28)31)8-24-17(29)13-4-2-3-12(5-13)10-32-16-6-14(25-11-26-16)7-27-34-18(30)20(21,22)23/h2-6,11,15,27H,7-10H2,1H3,(H,24,29). The number of halogens is 3. The molecular formula is C20H20F3N5O6. The number of rotatable bonds is 9. The molecule has 2 aromatic rings. The van der Waals surface area contributed by atoms with Crippen molar-refractivity contribution in [1.82, 2.24) is 25.7 Å². The van der Waals surface area contributed by atoms with Crippen LogP contribution in [0.2, 0.25) is 0 Å². The van der Waals surface area contributed by atoms with Gasteiger partial charge in [0.15, 0.2) is 0 Å². The Labute approximate surface area is 191 Å². The van der Waals surface area contributed by atoms with Crippen LogP contribution in [0.3, 0.4) is 0 Å². The van der Waals surface area contributed by atoms with Gasteiger partial charge in [-0.3, -0.25) is 4.79 Å². The normalized spacial score (nSPS) is 15.6. The van der Waals surface area contributed by atoms with E-state index < -0.39 is 24.3 Å². The van der Waals surface area contributed by atoms with Crippen LogP contribution in [0.4, 0.5) is 18.0 Å². The number of aromatic nitrogens is 2. The summed E-state index contributed by atoms with van der Waals surface area (Å²) in [5.74, 6) is -2.61. The van der Waals surface area contributed by atoms with Gasteiger partial charge in [0.25, 0.3) is 5.91 Å². The largest absolute Gasteiger partial charge is 0.492 e. The molecule has 182 valence electrons. The molecule has 0 bridgehead atoms. The third kappa shape index (κ3) is 7.03. The number of likely N-dealkylation sites (N-methyl/N-ethyl adjacent to an activating group) is 1.